The molecule has 1 unspecified atom stereocenters. The molecule has 3 nitrogen and oxygen atoms in total. The number of rotatable bonds is 4. The van der Waals surface area contributed by atoms with Crippen LogP contribution in [0.5, 0.6) is 0 Å². The van der Waals surface area contributed by atoms with Crippen molar-refractivity contribution in [1.82, 2.24) is 4.90 Å². The van der Waals surface area contributed by atoms with Crippen LogP contribution in [-0.2, 0) is 4.74 Å². The molecule has 0 saturated carbocycles. The van der Waals surface area contributed by atoms with E-state index in [4.69, 9.17) is 4.74 Å². The van der Waals surface area contributed by atoms with Gasteiger partial charge in [-0.25, -0.2) is 0 Å². The summed E-state index contributed by atoms with van der Waals surface area (Å²) in [5.41, 5.74) is 0.333. The largest absolute Gasteiger partial charge is 0.391 e. The van der Waals surface area contributed by atoms with Gasteiger partial charge in [-0.3, -0.25) is 4.90 Å². The summed E-state index contributed by atoms with van der Waals surface area (Å²) < 4.78 is 5.83. The minimum absolute atomic E-state index is 0.167. The van der Waals surface area contributed by atoms with Crippen LogP contribution in [0.2, 0.25) is 0 Å². The monoisotopic (exact) mass is 243 g/mol. The molecule has 1 aliphatic heterocycles. The van der Waals surface area contributed by atoms with Crippen molar-refractivity contribution in [2.45, 2.75) is 77.7 Å². The Hall–Kier alpha value is -0.120. The van der Waals surface area contributed by atoms with Crippen molar-refractivity contribution in [3.8, 4) is 0 Å². The van der Waals surface area contributed by atoms with Gasteiger partial charge >= 0.3 is 0 Å². The van der Waals surface area contributed by atoms with Gasteiger partial charge in [-0.05, 0) is 54.0 Å². The van der Waals surface area contributed by atoms with Gasteiger partial charge in [0.15, 0.2) is 0 Å². The van der Waals surface area contributed by atoms with Gasteiger partial charge in [-0.1, -0.05) is 6.92 Å². The summed E-state index contributed by atoms with van der Waals surface area (Å²) >= 11 is 0. The van der Waals surface area contributed by atoms with Crippen molar-refractivity contribution in [1.29, 1.82) is 0 Å². The second-order valence-corrected chi connectivity index (χ2v) is 6.58. The quantitative estimate of drug-likeness (QED) is 0.823. The predicted octanol–water partition coefficient (Wildman–Crippen LogP) is 2.43. The Morgan fingerprint density at radius 2 is 1.71 bits per heavy atom. The average Bonchev–Trinajstić information content (AvgIpc) is 2.11. The number of hydrogen-bond donors (Lipinski definition) is 1. The van der Waals surface area contributed by atoms with E-state index in [-0.39, 0.29) is 23.3 Å². The lowest BCUT2D eigenvalue weighted by Crippen LogP contribution is -2.62. The molecule has 17 heavy (non-hydrogen) atoms. The minimum Gasteiger partial charge on any atom is -0.391 e. The first-order chi connectivity index (χ1) is 7.69. The second kappa shape index (κ2) is 5.25. The summed E-state index contributed by atoms with van der Waals surface area (Å²) in [4.78, 5) is 2.56. The Morgan fingerprint density at radius 1 is 1.24 bits per heavy atom. The van der Waals surface area contributed by atoms with Crippen molar-refractivity contribution in [3.63, 3.8) is 0 Å². The molecule has 102 valence electrons. The SMILES string of the molecule is CCN1C(C)(C)CC(OCC(C)O)CC1(C)C. The van der Waals surface area contributed by atoms with Gasteiger partial charge in [0.2, 0.25) is 0 Å². The summed E-state index contributed by atoms with van der Waals surface area (Å²) in [6, 6.07) is 0. The Morgan fingerprint density at radius 3 is 2.06 bits per heavy atom. The molecule has 1 fully saturated rings. The Balaban J connectivity index is 2.70. The van der Waals surface area contributed by atoms with E-state index in [1.54, 1.807) is 6.92 Å². The highest BCUT2D eigenvalue weighted by molar-refractivity contribution is 5.00. The van der Waals surface area contributed by atoms with Crippen LogP contribution in [0.15, 0.2) is 0 Å². The van der Waals surface area contributed by atoms with Crippen LogP contribution in [0.3, 0.4) is 0 Å². The first kappa shape index (κ1) is 14.9. The smallest absolute Gasteiger partial charge is 0.0745 e. The van der Waals surface area contributed by atoms with Crippen molar-refractivity contribution >= 4 is 0 Å². The summed E-state index contributed by atoms with van der Waals surface area (Å²) in [5, 5.41) is 9.31. The Kier molecular flexibility index (Phi) is 4.61. The molecule has 1 rings (SSSR count). The van der Waals surface area contributed by atoms with Crippen LogP contribution < -0.4 is 0 Å². The molecule has 1 saturated heterocycles. The van der Waals surface area contributed by atoms with Gasteiger partial charge in [-0.15, -0.1) is 0 Å². The first-order valence-electron chi connectivity index (χ1n) is 6.76. The van der Waals surface area contributed by atoms with E-state index in [2.05, 4.69) is 39.5 Å². The van der Waals surface area contributed by atoms with Gasteiger partial charge in [0, 0.05) is 11.1 Å². The maximum Gasteiger partial charge on any atom is 0.0745 e. The molecule has 1 N–H and O–H groups in total. The molecular formula is C14H29NO2. The van der Waals surface area contributed by atoms with E-state index in [1.165, 1.54) is 0 Å². The number of piperidine rings is 1. The molecule has 1 aliphatic rings. The predicted molar refractivity (Wildman–Crippen MR) is 71.2 cm³/mol. The molecule has 0 aromatic rings. The van der Waals surface area contributed by atoms with Crippen LogP contribution in [0.1, 0.15) is 54.4 Å². The van der Waals surface area contributed by atoms with E-state index in [0.717, 1.165) is 19.4 Å². The molecule has 0 spiro atoms. The van der Waals surface area contributed by atoms with Gasteiger partial charge < -0.3 is 9.84 Å². The molecule has 0 amide bonds. The normalized spacial score (nSPS) is 27.0. The fraction of sp³-hybridized carbons (Fsp3) is 1.00. The molecule has 0 aliphatic carbocycles. The van der Waals surface area contributed by atoms with Gasteiger partial charge in [0.05, 0.1) is 18.8 Å². The van der Waals surface area contributed by atoms with E-state index < -0.39 is 0 Å². The summed E-state index contributed by atoms with van der Waals surface area (Å²) in [7, 11) is 0. The van der Waals surface area contributed by atoms with E-state index in [9.17, 15) is 5.11 Å². The second-order valence-electron chi connectivity index (χ2n) is 6.58. The van der Waals surface area contributed by atoms with Gasteiger partial charge in [-0.2, -0.15) is 0 Å². The van der Waals surface area contributed by atoms with Gasteiger partial charge in [0.25, 0.3) is 0 Å². The number of hydrogen-bond acceptors (Lipinski definition) is 3. The lowest BCUT2D eigenvalue weighted by molar-refractivity contribution is -0.112. The standard InChI is InChI=1S/C14H29NO2/c1-7-15-13(3,4)8-12(9-14(15,5)6)17-10-11(2)16/h11-12,16H,7-10H2,1-6H3. The van der Waals surface area contributed by atoms with Crippen LogP contribution in [0.4, 0.5) is 0 Å². The summed E-state index contributed by atoms with van der Waals surface area (Å²) in [5.74, 6) is 0. The van der Waals surface area contributed by atoms with E-state index >= 15 is 0 Å². The highest BCUT2D eigenvalue weighted by atomic mass is 16.5. The highest BCUT2D eigenvalue weighted by Gasteiger charge is 2.44. The van der Waals surface area contributed by atoms with Crippen LogP contribution in [0.25, 0.3) is 0 Å². The van der Waals surface area contributed by atoms with Crippen LogP contribution >= 0.6 is 0 Å². The fourth-order valence-corrected chi connectivity index (χ4v) is 3.48. The molecule has 0 bridgehead atoms. The minimum atomic E-state index is -0.370. The lowest BCUT2D eigenvalue weighted by atomic mass is 9.78. The van der Waals surface area contributed by atoms with E-state index in [1.807, 2.05) is 0 Å². The molecular weight excluding hydrogens is 214 g/mol. The highest BCUT2D eigenvalue weighted by Crippen LogP contribution is 2.39. The zero-order chi connectivity index (χ0) is 13.3. The molecule has 3 heteroatoms. The molecule has 0 radical (unpaired) electrons. The van der Waals surface area contributed by atoms with Crippen molar-refractivity contribution in [2.24, 2.45) is 0 Å². The summed E-state index contributed by atoms with van der Waals surface area (Å²) in [6.07, 6.45) is 1.97. The number of ether oxygens (including phenoxy) is 1. The van der Waals surface area contributed by atoms with Crippen molar-refractivity contribution in [3.05, 3.63) is 0 Å². The molecule has 1 atom stereocenters. The first-order valence-corrected chi connectivity index (χ1v) is 6.76. The maximum absolute atomic E-state index is 9.31. The van der Waals surface area contributed by atoms with E-state index in [0.29, 0.717) is 6.61 Å². The number of aliphatic hydroxyl groups is 1. The molecule has 0 aromatic carbocycles. The zero-order valence-electron chi connectivity index (χ0n) is 12.3. The van der Waals surface area contributed by atoms with Crippen LogP contribution in [0, 0.1) is 0 Å². The van der Waals surface area contributed by atoms with Crippen molar-refractivity contribution in [2.75, 3.05) is 13.2 Å². The topological polar surface area (TPSA) is 32.7 Å². The zero-order valence-corrected chi connectivity index (χ0v) is 12.3. The fourth-order valence-electron chi connectivity index (χ4n) is 3.48. The number of likely N-dealkylation sites (tertiary alicyclic amines) is 1. The van der Waals surface area contributed by atoms with Crippen LogP contribution in [-0.4, -0.2) is 46.4 Å². The third-order valence-corrected chi connectivity index (χ3v) is 3.81. The van der Waals surface area contributed by atoms with Crippen molar-refractivity contribution < 1.29 is 9.84 Å². The third-order valence-electron chi connectivity index (χ3n) is 3.81. The Labute approximate surface area is 106 Å². The molecule has 0 aromatic heterocycles. The van der Waals surface area contributed by atoms with Gasteiger partial charge in [0.1, 0.15) is 0 Å². The molecule has 1 heterocycles. The Bertz CT molecular complexity index is 231. The summed E-state index contributed by atoms with van der Waals surface area (Å²) in [6.45, 7) is 14.7. The average molecular weight is 243 g/mol. The maximum atomic E-state index is 9.31. The number of aliphatic hydroxyl groups excluding tert-OH is 1. The number of nitrogens with zero attached hydrogens (tertiary/aromatic N) is 1. The third kappa shape index (κ3) is 3.67. The lowest BCUT2D eigenvalue weighted by Gasteiger charge is -2.55.